The lowest BCUT2D eigenvalue weighted by atomic mass is 10.4. The highest BCUT2D eigenvalue weighted by Crippen LogP contribution is 2.19. The summed E-state index contributed by atoms with van der Waals surface area (Å²) in [5, 5.41) is 3.48. The lowest BCUT2D eigenvalue weighted by molar-refractivity contribution is 0.577. The number of hydrogen-bond donors (Lipinski definition) is 1. The first kappa shape index (κ1) is 13.6. The molecular weight excluding hydrogens is 248 g/mol. The topological polar surface area (TPSA) is 51.1 Å². The molecular formula is C13H22N2O2S. The van der Waals surface area contributed by atoms with Crippen molar-refractivity contribution >= 4 is 9.84 Å². The van der Waals surface area contributed by atoms with E-state index in [0.717, 1.165) is 13.1 Å². The van der Waals surface area contributed by atoms with Crippen LogP contribution in [0.15, 0.2) is 18.3 Å². The lowest BCUT2D eigenvalue weighted by Crippen LogP contribution is -2.18. The Morgan fingerprint density at radius 3 is 2.89 bits per heavy atom. The van der Waals surface area contributed by atoms with Gasteiger partial charge in [0.2, 0.25) is 0 Å². The second kappa shape index (κ2) is 5.89. The van der Waals surface area contributed by atoms with Gasteiger partial charge in [-0.1, -0.05) is 6.92 Å². The van der Waals surface area contributed by atoms with E-state index in [9.17, 15) is 8.42 Å². The molecule has 5 heteroatoms. The van der Waals surface area contributed by atoms with Crippen LogP contribution in [0.1, 0.15) is 31.9 Å². The van der Waals surface area contributed by atoms with E-state index in [4.69, 9.17) is 0 Å². The Morgan fingerprint density at radius 2 is 2.22 bits per heavy atom. The van der Waals surface area contributed by atoms with Gasteiger partial charge in [-0.25, -0.2) is 8.42 Å². The van der Waals surface area contributed by atoms with Crippen molar-refractivity contribution < 1.29 is 8.42 Å². The second-order valence-electron chi connectivity index (χ2n) is 4.94. The zero-order valence-electron chi connectivity index (χ0n) is 10.9. The van der Waals surface area contributed by atoms with Crippen molar-refractivity contribution in [2.75, 3.05) is 11.5 Å². The predicted molar refractivity (Wildman–Crippen MR) is 73.2 cm³/mol. The van der Waals surface area contributed by atoms with E-state index >= 15 is 0 Å². The SMILES string of the molecule is CCS(=O)(=O)CCCn1cccc1CNC1CC1. The molecule has 1 N–H and O–H groups in total. The Morgan fingerprint density at radius 1 is 1.44 bits per heavy atom. The smallest absolute Gasteiger partial charge is 0.150 e. The van der Waals surface area contributed by atoms with Gasteiger partial charge in [0.15, 0.2) is 0 Å². The molecule has 1 aliphatic carbocycles. The van der Waals surface area contributed by atoms with E-state index in [1.165, 1.54) is 18.5 Å². The molecule has 0 unspecified atom stereocenters. The van der Waals surface area contributed by atoms with Crippen molar-refractivity contribution in [3.05, 3.63) is 24.0 Å². The van der Waals surface area contributed by atoms with Crippen molar-refractivity contribution in [3.8, 4) is 0 Å². The van der Waals surface area contributed by atoms with Crippen molar-refractivity contribution in [1.82, 2.24) is 9.88 Å². The zero-order chi connectivity index (χ0) is 13.0. The Hall–Kier alpha value is -0.810. The zero-order valence-corrected chi connectivity index (χ0v) is 11.7. The maximum absolute atomic E-state index is 11.4. The summed E-state index contributed by atoms with van der Waals surface area (Å²) in [5.74, 6) is 0.534. The summed E-state index contributed by atoms with van der Waals surface area (Å²) in [6, 6.07) is 4.83. The van der Waals surface area contributed by atoms with Gasteiger partial charge in [-0.05, 0) is 31.4 Å². The van der Waals surface area contributed by atoms with Crippen LogP contribution < -0.4 is 5.32 Å². The molecule has 0 atom stereocenters. The molecule has 1 aromatic heterocycles. The number of sulfone groups is 1. The molecule has 0 saturated heterocycles. The summed E-state index contributed by atoms with van der Waals surface area (Å²) in [5.41, 5.74) is 1.25. The van der Waals surface area contributed by atoms with Crippen LogP contribution in [0.25, 0.3) is 0 Å². The monoisotopic (exact) mass is 270 g/mol. The molecule has 1 heterocycles. The van der Waals surface area contributed by atoms with Crippen molar-refractivity contribution in [2.45, 2.75) is 45.3 Å². The van der Waals surface area contributed by atoms with E-state index in [1.54, 1.807) is 6.92 Å². The molecule has 0 aliphatic heterocycles. The highest BCUT2D eigenvalue weighted by molar-refractivity contribution is 7.91. The van der Waals surface area contributed by atoms with Gasteiger partial charge >= 0.3 is 0 Å². The van der Waals surface area contributed by atoms with Gasteiger partial charge in [0.25, 0.3) is 0 Å². The first-order valence-corrected chi connectivity index (χ1v) is 8.50. The molecule has 0 spiro atoms. The minimum Gasteiger partial charge on any atom is -0.350 e. The molecule has 1 saturated carbocycles. The van der Waals surface area contributed by atoms with Gasteiger partial charge < -0.3 is 9.88 Å². The van der Waals surface area contributed by atoms with E-state index in [-0.39, 0.29) is 11.5 Å². The minimum absolute atomic E-state index is 0.245. The molecule has 1 fully saturated rings. The summed E-state index contributed by atoms with van der Waals surface area (Å²) in [6.45, 7) is 3.38. The summed E-state index contributed by atoms with van der Waals surface area (Å²) in [6.07, 6.45) is 5.30. The average molecular weight is 270 g/mol. The van der Waals surface area contributed by atoms with Crippen LogP contribution in [-0.2, 0) is 22.9 Å². The van der Waals surface area contributed by atoms with Crippen LogP contribution in [0.4, 0.5) is 0 Å². The normalized spacial score (nSPS) is 16.1. The molecule has 0 radical (unpaired) electrons. The fourth-order valence-electron chi connectivity index (χ4n) is 1.96. The van der Waals surface area contributed by atoms with Gasteiger partial charge in [-0.15, -0.1) is 0 Å². The number of nitrogens with one attached hydrogen (secondary N) is 1. The number of rotatable bonds is 8. The van der Waals surface area contributed by atoms with Crippen LogP contribution in [0.3, 0.4) is 0 Å². The third kappa shape index (κ3) is 4.14. The first-order chi connectivity index (χ1) is 8.61. The molecule has 1 aliphatic rings. The summed E-state index contributed by atoms with van der Waals surface area (Å²) < 4.78 is 25.0. The third-order valence-electron chi connectivity index (χ3n) is 3.37. The van der Waals surface area contributed by atoms with Crippen LogP contribution in [-0.4, -0.2) is 30.5 Å². The summed E-state index contributed by atoms with van der Waals surface area (Å²) in [4.78, 5) is 0. The highest BCUT2D eigenvalue weighted by Gasteiger charge is 2.20. The Bertz CT molecular complexity index is 475. The highest BCUT2D eigenvalue weighted by atomic mass is 32.2. The number of hydrogen-bond acceptors (Lipinski definition) is 3. The third-order valence-corrected chi connectivity index (χ3v) is 5.16. The van der Waals surface area contributed by atoms with Crippen molar-refractivity contribution in [1.29, 1.82) is 0 Å². The van der Waals surface area contributed by atoms with Crippen LogP contribution in [0, 0.1) is 0 Å². The van der Waals surface area contributed by atoms with E-state index in [2.05, 4.69) is 16.0 Å². The summed E-state index contributed by atoms with van der Waals surface area (Å²) >= 11 is 0. The van der Waals surface area contributed by atoms with E-state index < -0.39 is 9.84 Å². The van der Waals surface area contributed by atoms with E-state index in [1.807, 2.05) is 12.3 Å². The van der Waals surface area contributed by atoms with Gasteiger partial charge in [-0.3, -0.25) is 0 Å². The molecule has 0 amide bonds. The van der Waals surface area contributed by atoms with Gasteiger partial charge in [-0.2, -0.15) is 0 Å². The molecule has 1 aromatic rings. The Labute approximate surface area is 109 Å². The maximum Gasteiger partial charge on any atom is 0.150 e. The van der Waals surface area contributed by atoms with Crippen LogP contribution in [0.5, 0.6) is 0 Å². The maximum atomic E-state index is 11.4. The van der Waals surface area contributed by atoms with Crippen molar-refractivity contribution in [3.63, 3.8) is 0 Å². The molecule has 0 aromatic carbocycles. The molecule has 4 nitrogen and oxygen atoms in total. The molecule has 18 heavy (non-hydrogen) atoms. The molecule has 102 valence electrons. The largest absolute Gasteiger partial charge is 0.350 e. The van der Waals surface area contributed by atoms with Gasteiger partial charge in [0.1, 0.15) is 9.84 Å². The number of aromatic nitrogens is 1. The van der Waals surface area contributed by atoms with Crippen molar-refractivity contribution in [2.24, 2.45) is 0 Å². The number of aryl methyl sites for hydroxylation is 1. The van der Waals surface area contributed by atoms with Gasteiger partial charge in [0, 0.05) is 36.8 Å². The fraction of sp³-hybridized carbons (Fsp3) is 0.692. The number of nitrogens with zero attached hydrogens (tertiary/aromatic N) is 1. The van der Waals surface area contributed by atoms with Crippen LogP contribution >= 0.6 is 0 Å². The first-order valence-electron chi connectivity index (χ1n) is 6.68. The van der Waals surface area contributed by atoms with E-state index in [0.29, 0.717) is 12.5 Å². The quantitative estimate of drug-likeness (QED) is 0.780. The Kier molecular flexibility index (Phi) is 4.45. The standard InChI is InChI=1S/C13H22N2O2S/c1-2-18(16,17)10-4-9-15-8-3-5-13(15)11-14-12-6-7-12/h3,5,8,12,14H,2,4,6-7,9-11H2,1H3. The summed E-state index contributed by atoms with van der Waals surface area (Å²) in [7, 11) is -2.83. The average Bonchev–Trinajstić information content (AvgIpc) is 3.07. The Balaban J connectivity index is 1.79. The molecule has 0 bridgehead atoms. The van der Waals surface area contributed by atoms with Gasteiger partial charge in [0.05, 0.1) is 5.75 Å². The van der Waals surface area contributed by atoms with Crippen LogP contribution in [0.2, 0.25) is 0 Å². The minimum atomic E-state index is -2.83. The second-order valence-corrected chi connectivity index (χ2v) is 7.41. The predicted octanol–water partition coefficient (Wildman–Crippen LogP) is 1.56. The lowest BCUT2D eigenvalue weighted by Gasteiger charge is -2.10. The molecule has 2 rings (SSSR count). The fourth-order valence-corrected chi connectivity index (χ4v) is 2.82.